The number of halogens is 1. The largest absolute Gasteiger partial charge is 0.368 e. The van der Waals surface area contributed by atoms with Gasteiger partial charge >= 0.3 is 0 Å². The predicted octanol–water partition coefficient (Wildman–Crippen LogP) is 3.69. The van der Waals surface area contributed by atoms with Crippen LogP contribution in [0.1, 0.15) is 43.5 Å². The van der Waals surface area contributed by atoms with Crippen LogP contribution in [0.4, 0.5) is 5.82 Å². The Bertz CT molecular complexity index is 400. The lowest BCUT2D eigenvalue weighted by atomic mass is 9.75. The molecule has 0 atom stereocenters. The molecule has 0 bridgehead atoms. The molecular weight excluding hydrogens is 246 g/mol. The minimum absolute atomic E-state index is 0.248. The molecule has 0 aromatic carbocycles. The molecule has 4 heteroatoms. The minimum atomic E-state index is 0.248. The van der Waals surface area contributed by atoms with E-state index in [4.69, 9.17) is 11.6 Å². The van der Waals surface area contributed by atoms with Gasteiger partial charge in [-0.1, -0.05) is 19.3 Å². The van der Waals surface area contributed by atoms with Crippen molar-refractivity contribution in [1.82, 2.24) is 9.97 Å². The topological polar surface area (TPSA) is 37.8 Å². The standard InChI is InChI=1S/C14H22ClN3/c1-11-8-16-12(2)13(18-11)17-10-14(9-15)6-4-3-5-7-14/h8H,3-7,9-10H2,1-2H3,(H,17,18). The molecule has 1 saturated carbocycles. The average Bonchev–Trinajstić information content (AvgIpc) is 2.41. The first kappa shape index (κ1) is 13.6. The smallest absolute Gasteiger partial charge is 0.147 e. The molecule has 1 aliphatic rings. The molecular formula is C14H22ClN3. The zero-order valence-corrected chi connectivity index (χ0v) is 12.1. The fraction of sp³-hybridized carbons (Fsp3) is 0.714. The number of nitrogens with zero attached hydrogens (tertiary/aromatic N) is 2. The first-order chi connectivity index (χ1) is 8.65. The third-order valence-electron chi connectivity index (χ3n) is 3.90. The van der Waals surface area contributed by atoms with Gasteiger partial charge in [-0.05, 0) is 26.7 Å². The van der Waals surface area contributed by atoms with Crippen LogP contribution in [0.25, 0.3) is 0 Å². The Kier molecular flexibility index (Phi) is 4.44. The van der Waals surface area contributed by atoms with E-state index in [1.54, 1.807) is 6.20 Å². The number of rotatable bonds is 4. The van der Waals surface area contributed by atoms with Crippen LogP contribution in [0.5, 0.6) is 0 Å². The summed E-state index contributed by atoms with van der Waals surface area (Å²) >= 11 is 6.20. The second-order valence-corrected chi connectivity index (χ2v) is 5.76. The summed E-state index contributed by atoms with van der Waals surface area (Å²) < 4.78 is 0. The van der Waals surface area contributed by atoms with Crippen LogP contribution in [0.2, 0.25) is 0 Å². The number of anilines is 1. The van der Waals surface area contributed by atoms with Gasteiger partial charge in [0.05, 0.1) is 11.4 Å². The van der Waals surface area contributed by atoms with Crippen molar-refractivity contribution in [2.24, 2.45) is 5.41 Å². The maximum Gasteiger partial charge on any atom is 0.147 e. The molecule has 1 aromatic heterocycles. The van der Waals surface area contributed by atoms with E-state index in [1.165, 1.54) is 32.1 Å². The molecule has 1 aliphatic carbocycles. The van der Waals surface area contributed by atoms with Crippen molar-refractivity contribution in [1.29, 1.82) is 0 Å². The average molecular weight is 268 g/mol. The first-order valence-corrected chi connectivity index (χ1v) is 7.29. The molecule has 2 rings (SSSR count). The second-order valence-electron chi connectivity index (χ2n) is 5.49. The molecule has 1 N–H and O–H groups in total. The van der Waals surface area contributed by atoms with E-state index in [9.17, 15) is 0 Å². The summed E-state index contributed by atoms with van der Waals surface area (Å²) in [5.74, 6) is 1.64. The van der Waals surface area contributed by atoms with Gasteiger partial charge in [0.1, 0.15) is 5.82 Å². The van der Waals surface area contributed by atoms with Gasteiger partial charge in [0.15, 0.2) is 0 Å². The Morgan fingerprint density at radius 1 is 1.28 bits per heavy atom. The molecule has 100 valence electrons. The molecule has 0 radical (unpaired) electrons. The SMILES string of the molecule is Cc1cnc(C)c(NCC2(CCl)CCCCC2)n1. The predicted molar refractivity (Wildman–Crippen MR) is 76.2 cm³/mol. The van der Waals surface area contributed by atoms with Gasteiger partial charge in [-0.2, -0.15) is 0 Å². The van der Waals surface area contributed by atoms with Crippen molar-refractivity contribution in [2.75, 3.05) is 17.7 Å². The fourth-order valence-electron chi connectivity index (χ4n) is 2.64. The van der Waals surface area contributed by atoms with Crippen molar-refractivity contribution < 1.29 is 0 Å². The zero-order chi connectivity index (χ0) is 13.0. The van der Waals surface area contributed by atoms with E-state index >= 15 is 0 Å². The number of nitrogens with one attached hydrogen (secondary N) is 1. The molecule has 0 unspecified atom stereocenters. The summed E-state index contributed by atoms with van der Waals surface area (Å²) in [5, 5.41) is 3.46. The highest BCUT2D eigenvalue weighted by molar-refractivity contribution is 6.18. The Balaban J connectivity index is 2.03. The van der Waals surface area contributed by atoms with Crippen LogP contribution in [0.3, 0.4) is 0 Å². The maximum absolute atomic E-state index is 6.20. The van der Waals surface area contributed by atoms with Crippen molar-refractivity contribution >= 4 is 17.4 Å². The van der Waals surface area contributed by atoms with Crippen LogP contribution >= 0.6 is 11.6 Å². The summed E-state index contributed by atoms with van der Waals surface area (Å²) in [4.78, 5) is 8.84. The summed E-state index contributed by atoms with van der Waals surface area (Å²) in [6.07, 6.45) is 8.20. The molecule has 1 heterocycles. The van der Waals surface area contributed by atoms with Gasteiger partial charge in [-0.25, -0.2) is 4.98 Å². The zero-order valence-electron chi connectivity index (χ0n) is 11.3. The van der Waals surface area contributed by atoms with Crippen LogP contribution in [-0.2, 0) is 0 Å². The Morgan fingerprint density at radius 2 is 2.00 bits per heavy atom. The van der Waals surface area contributed by atoms with Crippen LogP contribution in [0.15, 0.2) is 6.20 Å². The van der Waals surface area contributed by atoms with Crippen molar-refractivity contribution in [3.8, 4) is 0 Å². The van der Waals surface area contributed by atoms with Crippen molar-refractivity contribution in [3.05, 3.63) is 17.6 Å². The maximum atomic E-state index is 6.20. The monoisotopic (exact) mass is 267 g/mol. The lowest BCUT2D eigenvalue weighted by molar-refractivity contribution is 0.238. The highest BCUT2D eigenvalue weighted by atomic mass is 35.5. The Labute approximate surface area is 114 Å². The third kappa shape index (κ3) is 3.14. The van der Waals surface area contributed by atoms with Crippen molar-refractivity contribution in [2.45, 2.75) is 46.0 Å². The third-order valence-corrected chi connectivity index (χ3v) is 4.47. The molecule has 1 aromatic rings. The van der Waals surface area contributed by atoms with E-state index in [-0.39, 0.29) is 5.41 Å². The lowest BCUT2D eigenvalue weighted by Gasteiger charge is -2.35. The second kappa shape index (κ2) is 5.87. The van der Waals surface area contributed by atoms with Gasteiger partial charge in [-0.3, -0.25) is 4.98 Å². The lowest BCUT2D eigenvalue weighted by Crippen LogP contribution is -2.34. The number of hydrogen-bond acceptors (Lipinski definition) is 3. The Morgan fingerprint density at radius 3 is 2.67 bits per heavy atom. The van der Waals surface area contributed by atoms with E-state index in [0.717, 1.165) is 29.6 Å². The summed E-state index contributed by atoms with van der Waals surface area (Å²) in [6.45, 7) is 4.87. The molecule has 0 saturated heterocycles. The van der Waals surface area contributed by atoms with Crippen LogP contribution in [-0.4, -0.2) is 22.4 Å². The van der Waals surface area contributed by atoms with Gasteiger partial charge < -0.3 is 5.32 Å². The molecule has 0 spiro atoms. The summed E-state index contributed by atoms with van der Waals surface area (Å²) in [6, 6.07) is 0. The normalized spacial score (nSPS) is 18.6. The fourth-order valence-corrected chi connectivity index (χ4v) is 3.00. The van der Waals surface area contributed by atoms with Gasteiger partial charge in [-0.15, -0.1) is 11.6 Å². The molecule has 1 fully saturated rings. The quantitative estimate of drug-likeness (QED) is 0.846. The van der Waals surface area contributed by atoms with Gasteiger partial charge in [0, 0.05) is 24.0 Å². The van der Waals surface area contributed by atoms with Crippen molar-refractivity contribution in [3.63, 3.8) is 0 Å². The van der Waals surface area contributed by atoms with E-state index in [0.29, 0.717) is 0 Å². The summed E-state index contributed by atoms with van der Waals surface area (Å²) in [7, 11) is 0. The number of alkyl halides is 1. The van der Waals surface area contributed by atoms with Crippen LogP contribution in [0, 0.1) is 19.3 Å². The molecule has 0 amide bonds. The number of aromatic nitrogens is 2. The summed E-state index contributed by atoms with van der Waals surface area (Å²) in [5.41, 5.74) is 2.16. The molecule has 18 heavy (non-hydrogen) atoms. The van der Waals surface area contributed by atoms with Gasteiger partial charge in [0.2, 0.25) is 0 Å². The van der Waals surface area contributed by atoms with E-state index < -0.39 is 0 Å². The molecule has 0 aliphatic heterocycles. The number of aryl methyl sites for hydroxylation is 2. The highest BCUT2D eigenvalue weighted by Gasteiger charge is 2.31. The van der Waals surface area contributed by atoms with Gasteiger partial charge in [0.25, 0.3) is 0 Å². The highest BCUT2D eigenvalue weighted by Crippen LogP contribution is 2.37. The van der Waals surface area contributed by atoms with Crippen LogP contribution < -0.4 is 5.32 Å². The van der Waals surface area contributed by atoms with E-state index in [2.05, 4.69) is 15.3 Å². The number of hydrogen-bond donors (Lipinski definition) is 1. The van der Waals surface area contributed by atoms with E-state index in [1.807, 2.05) is 13.8 Å². The Hall–Kier alpha value is -0.830. The minimum Gasteiger partial charge on any atom is -0.368 e. The molecule has 3 nitrogen and oxygen atoms in total. The first-order valence-electron chi connectivity index (χ1n) is 6.75.